The molecule has 3 N–H and O–H groups in total. The first-order valence-corrected chi connectivity index (χ1v) is 12.4. The minimum Gasteiger partial charge on any atom is -0.444 e. The van der Waals surface area contributed by atoms with Gasteiger partial charge in [-0.05, 0) is 70.4 Å². The number of hydrogen-bond acceptors (Lipinski definition) is 7. The Morgan fingerprint density at radius 1 is 1.29 bits per heavy atom. The average molecular weight is 481 g/mol. The molecule has 0 radical (unpaired) electrons. The van der Waals surface area contributed by atoms with Crippen LogP contribution in [-0.4, -0.2) is 37.3 Å². The quantitative estimate of drug-likeness (QED) is 0.404. The number of carbonyl (C=O) groups excluding carboxylic acids is 1. The molecule has 0 aromatic carbocycles. The van der Waals surface area contributed by atoms with Crippen molar-refractivity contribution in [2.45, 2.75) is 71.9 Å². The van der Waals surface area contributed by atoms with Gasteiger partial charge in [0.2, 0.25) is 5.89 Å². The summed E-state index contributed by atoms with van der Waals surface area (Å²) in [5.74, 6) is 2.04. The van der Waals surface area contributed by atoms with E-state index in [-0.39, 0.29) is 11.7 Å². The fraction of sp³-hybridized carbons (Fsp3) is 0.538. The molecule has 0 spiro atoms. The van der Waals surface area contributed by atoms with Crippen LogP contribution in [0.15, 0.2) is 35.2 Å². The summed E-state index contributed by atoms with van der Waals surface area (Å²) >= 11 is 0. The molecule has 0 saturated heterocycles. The van der Waals surface area contributed by atoms with Gasteiger partial charge in [0.25, 0.3) is 5.91 Å². The molecular weight excluding hydrogens is 444 g/mol. The zero-order chi connectivity index (χ0) is 25.2. The van der Waals surface area contributed by atoms with E-state index < -0.39 is 11.5 Å². The molecule has 9 nitrogen and oxygen atoms in total. The number of aliphatic hydroxyl groups is 1. The Morgan fingerprint density at radius 2 is 2.03 bits per heavy atom. The normalized spacial score (nSPS) is 18.6. The van der Waals surface area contributed by atoms with Gasteiger partial charge < -0.3 is 20.2 Å². The molecular formula is C26H36N6O3. The summed E-state index contributed by atoms with van der Waals surface area (Å²) in [4.78, 5) is 21.6. The molecule has 3 aromatic rings. The van der Waals surface area contributed by atoms with Crippen molar-refractivity contribution >= 4 is 17.4 Å². The number of carbonyl (C=O) groups is 1. The van der Waals surface area contributed by atoms with Crippen LogP contribution in [-0.2, 0) is 5.60 Å². The lowest BCUT2D eigenvalue weighted by atomic mass is 9.80. The first-order chi connectivity index (χ1) is 16.7. The Labute approximate surface area is 206 Å². The van der Waals surface area contributed by atoms with E-state index in [1.807, 2.05) is 23.9 Å². The number of nitrogens with one attached hydrogen (secondary N) is 2. The molecule has 4 rings (SSSR count). The monoisotopic (exact) mass is 480 g/mol. The van der Waals surface area contributed by atoms with Crippen molar-refractivity contribution < 1.29 is 14.3 Å². The summed E-state index contributed by atoms with van der Waals surface area (Å²) in [7, 11) is 0. The van der Waals surface area contributed by atoms with Crippen LogP contribution in [0.5, 0.6) is 0 Å². The number of amides is 1. The molecule has 0 unspecified atom stereocenters. The van der Waals surface area contributed by atoms with E-state index in [9.17, 15) is 9.90 Å². The first kappa shape index (κ1) is 24.9. The minimum absolute atomic E-state index is 0.147. The Bertz CT molecular complexity index is 1150. The molecule has 35 heavy (non-hydrogen) atoms. The van der Waals surface area contributed by atoms with Gasteiger partial charge >= 0.3 is 0 Å². The maximum absolute atomic E-state index is 13.0. The van der Waals surface area contributed by atoms with Crippen molar-refractivity contribution in [1.82, 2.24) is 19.7 Å². The highest BCUT2D eigenvalue weighted by molar-refractivity contribution is 6.03. The van der Waals surface area contributed by atoms with Crippen molar-refractivity contribution in [1.29, 1.82) is 0 Å². The Morgan fingerprint density at radius 3 is 2.69 bits per heavy atom. The maximum atomic E-state index is 13.0. The van der Waals surface area contributed by atoms with Crippen LogP contribution >= 0.6 is 0 Å². The summed E-state index contributed by atoms with van der Waals surface area (Å²) in [6.45, 7) is 10.6. The van der Waals surface area contributed by atoms with Gasteiger partial charge in [-0.1, -0.05) is 13.8 Å². The van der Waals surface area contributed by atoms with E-state index in [0.29, 0.717) is 29.0 Å². The van der Waals surface area contributed by atoms with Gasteiger partial charge in [0, 0.05) is 24.5 Å². The fourth-order valence-electron chi connectivity index (χ4n) is 4.69. The van der Waals surface area contributed by atoms with Crippen LogP contribution in [0.2, 0.25) is 0 Å². The van der Waals surface area contributed by atoms with Gasteiger partial charge in [-0.3, -0.25) is 9.48 Å². The van der Waals surface area contributed by atoms with Gasteiger partial charge in [-0.15, -0.1) is 0 Å². The summed E-state index contributed by atoms with van der Waals surface area (Å²) in [6.07, 6.45) is 9.22. The van der Waals surface area contributed by atoms with Crippen molar-refractivity contribution in [3.05, 3.63) is 42.2 Å². The largest absolute Gasteiger partial charge is 0.444 e. The number of anilines is 2. The standard InChI is InChI=1S/C26H36N6O3/c1-6-27-22-13-18(11-12-28-22)25-30-21(15-35-25)24(33)29-20-14-32(31-23(20)26(4,5)34)19-9-7-17(8-10-19)16(2)3/h11-17,19,34H,6-10H2,1-5H3,(H,27,28)(H,29,33)/t17-,19+. The molecule has 0 aliphatic heterocycles. The third kappa shape index (κ3) is 5.73. The molecule has 188 valence electrons. The molecule has 1 aliphatic carbocycles. The third-order valence-electron chi connectivity index (χ3n) is 6.72. The summed E-state index contributed by atoms with van der Waals surface area (Å²) < 4.78 is 7.48. The average Bonchev–Trinajstić information content (AvgIpc) is 3.47. The number of rotatable bonds is 8. The van der Waals surface area contributed by atoms with Crippen molar-refractivity contribution in [3.8, 4) is 11.5 Å². The van der Waals surface area contributed by atoms with Crippen LogP contribution in [0.25, 0.3) is 11.5 Å². The summed E-state index contributed by atoms with van der Waals surface area (Å²) in [5.41, 5.74) is 0.574. The molecule has 3 heterocycles. The van der Waals surface area contributed by atoms with E-state index in [1.54, 1.807) is 26.1 Å². The number of oxazole rings is 1. The highest BCUT2D eigenvalue weighted by Gasteiger charge is 2.30. The van der Waals surface area contributed by atoms with E-state index in [2.05, 4.69) is 34.4 Å². The van der Waals surface area contributed by atoms with Gasteiger partial charge in [0.1, 0.15) is 23.4 Å². The summed E-state index contributed by atoms with van der Waals surface area (Å²) in [6, 6.07) is 3.85. The SMILES string of the molecule is CCNc1cc(-c2nc(C(=O)Nc3cn([C@H]4CC[C@@H](C(C)C)CC4)nc3C(C)(C)O)co2)ccn1. The summed E-state index contributed by atoms with van der Waals surface area (Å²) in [5, 5.41) is 21.5. The van der Waals surface area contributed by atoms with Gasteiger partial charge in [0.15, 0.2) is 5.69 Å². The van der Waals surface area contributed by atoms with Gasteiger partial charge in [-0.25, -0.2) is 9.97 Å². The smallest absolute Gasteiger partial charge is 0.277 e. The van der Waals surface area contributed by atoms with Crippen LogP contribution < -0.4 is 10.6 Å². The lowest BCUT2D eigenvalue weighted by molar-refractivity contribution is 0.0729. The Kier molecular flexibility index (Phi) is 7.25. The second kappa shape index (κ2) is 10.2. The third-order valence-corrected chi connectivity index (χ3v) is 6.72. The maximum Gasteiger partial charge on any atom is 0.277 e. The molecule has 1 aliphatic rings. The molecule has 1 amide bonds. The lowest BCUT2D eigenvalue weighted by Crippen LogP contribution is -2.23. The van der Waals surface area contributed by atoms with Gasteiger partial charge in [-0.2, -0.15) is 5.10 Å². The predicted octanol–water partition coefficient (Wildman–Crippen LogP) is 5.23. The second-order valence-electron chi connectivity index (χ2n) is 10.2. The van der Waals surface area contributed by atoms with Crippen molar-refractivity contribution in [2.24, 2.45) is 11.8 Å². The lowest BCUT2D eigenvalue weighted by Gasteiger charge is -2.31. The molecule has 1 saturated carbocycles. The van der Waals surface area contributed by atoms with E-state index >= 15 is 0 Å². The van der Waals surface area contributed by atoms with Crippen LogP contribution in [0.3, 0.4) is 0 Å². The molecule has 9 heteroatoms. The van der Waals surface area contributed by atoms with Crippen molar-refractivity contribution in [2.75, 3.05) is 17.2 Å². The van der Waals surface area contributed by atoms with Crippen molar-refractivity contribution in [3.63, 3.8) is 0 Å². The molecule has 0 atom stereocenters. The predicted molar refractivity (Wildman–Crippen MR) is 135 cm³/mol. The second-order valence-corrected chi connectivity index (χ2v) is 10.2. The highest BCUT2D eigenvalue weighted by atomic mass is 16.3. The van der Waals surface area contributed by atoms with Gasteiger partial charge in [0.05, 0.1) is 11.7 Å². The number of hydrogen-bond donors (Lipinski definition) is 3. The highest BCUT2D eigenvalue weighted by Crippen LogP contribution is 2.37. The zero-order valence-corrected chi connectivity index (χ0v) is 21.2. The van der Waals surface area contributed by atoms with Crippen LogP contribution in [0, 0.1) is 11.8 Å². The Balaban J connectivity index is 1.52. The minimum atomic E-state index is -1.21. The van der Waals surface area contributed by atoms with E-state index in [1.165, 1.54) is 6.26 Å². The Hall–Kier alpha value is -3.20. The van der Waals surface area contributed by atoms with Crippen LogP contribution in [0.4, 0.5) is 11.5 Å². The number of nitrogens with zero attached hydrogens (tertiary/aromatic N) is 4. The topological polar surface area (TPSA) is 118 Å². The fourth-order valence-corrected chi connectivity index (χ4v) is 4.69. The number of pyridine rings is 1. The first-order valence-electron chi connectivity index (χ1n) is 12.4. The zero-order valence-electron chi connectivity index (χ0n) is 21.2. The van der Waals surface area contributed by atoms with E-state index in [0.717, 1.165) is 43.7 Å². The van der Waals surface area contributed by atoms with E-state index in [4.69, 9.17) is 9.52 Å². The molecule has 3 aromatic heterocycles. The van der Waals surface area contributed by atoms with Crippen LogP contribution in [0.1, 0.15) is 82.5 Å². The number of aromatic nitrogens is 4. The molecule has 1 fully saturated rings. The molecule has 0 bridgehead atoms.